The zero-order valence-corrected chi connectivity index (χ0v) is 16.6. The highest BCUT2D eigenvalue weighted by atomic mass is 35.5. The number of rotatable bonds is 9. The number of hydrogen-bond donors (Lipinski definition) is 1. The van der Waals surface area contributed by atoms with Gasteiger partial charge in [0.15, 0.2) is 11.5 Å². The third kappa shape index (κ3) is 5.96. The summed E-state index contributed by atoms with van der Waals surface area (Å²) in [5, 5.41) is 5.17. The fourth-order valence-electron chi connectivity index (χ4n) is 2.30. The van der Waals surface area contributed by atoms with Crippen LogP contribution in [0.5, 0.6) is 11.5 Å². The summed E-state index contributed by atoms with van der Waals surface area (Å²) in [6.07, 6.45) is 2.29. The van der Waals surface area contributed by atoms with Crippen LogP contribution in [0.4, 0.5) is 0 Å². The average Bonchev–Trinajstić information content (AvgIpc) is 2.59. The van der Waals surface area contributed by atoms with Crippen molar-refractivity contribution in [1.29, 1.82) is 0 Å². The first kappa shape index (κ1) is 20.2. The molecule has 0 amide bonds. The van der Waals surface area contributed by atoms with E-state index in [1.165, 1.54) is 0 Å². The van der Waals surface area contributed by atoms with E-state index in [-0.39, 0.29) is 0 Å². The second-order valence-corrected chi connectivity index (χ2v) is 6.90. The molecule has 2 aromatic carbocycles. The summed E-state index contributed by atoms with van der Waals surface area (Å²) < 4.78 is 11.3. The first-order valence-electron chi connectivity index (χ1n) is 8.19. The Bertz CT molecular complexity index is 707. The number of benzene rings is 2. The van der Waals surface area contributed by atoms with Gasteiger partial charge in [0, 0.05) is 33.2 Å². The van der Waals surface area contributed by atoms with Crippen LogP contribution in [0.25, 0.3) is 0 Å². The van der Waals surface area contributed by atoms with Crippen LogP contribution in [0, 0.1) is 0 Å². The summed E-state index contributed by atoms with van der Waals surface area (Å²) in [5.41, 5.74) is 1.82. The summed E-state index contributed by atoms with van der Waals surface area (Å²) in [6, 6.07) is 8.99. The molecule has 0 radical (unpaired) electrons. The van der Waals surface area contributed by atoms with Crippen LogP contribution < -0.4 is 14.8 Å². The molecule has 0 aliphatic rings. The van der Waals surface area contributed by atoms with Gasteiger partial charge in [0.1, 0.15) is 6.61 Å². The van der Waals surface area contributed by atoms with Gasteiger partial charge in [-0.2, -0.15) is 0 Å². The maximum absolute atomic E-state index is 6.39. The smallest absolute Gasteiger partial charge is 0.163 e. The SMILES string of the molecule is CCCCNCc1cc(OC)c(OCc2ccc(Cl)cc2Cl)cc1Cl. The predicted molar refractivity (Wildman–Crippen MR) is 105 cm³/mol. The number of ether oxygens (including phenoxy) is 2. The maximum atomic E-state index is 6.39. The van der Waals surface area contributed by atoms with Gasteiger partial charge in [-0.15, -0.1) is 0 Å². The molecular formula is C19H22Cl3NO2. The fourth-order valence-corrected chi connectivity index (χ4v) is 2.99. The van der Waals surface area contributed by atoms with Crippen molar-refractivity contribution in [2.45, 2.75) is 32.9 Å². The zero-order valence-electron chi connectivity index (χ0n) is 14.4. The molecular weight excluding hydrogens is 381 g/mol. The molecule has 0 unspecified atom stereocenters. The fraction of sp³-hybridized carbons (Fsp3) is 0.368. The molecule has 0 fully saturated rings. The molecule has 2 aromatic rings. The zero-order chi connectivity index (χ0) is 18.2. The number of halogens is 3. The van der Waals surface area contributed by atoms with Crippen molar-refractivity contribution >= 4 is 34.8 Å². The quantitative estimate of drug-likeness (QED) is 0.512. The highest BCUT2D eigenvalue weighted by Gasteiger charge is 2.12. The molecule has 3 nitrogen and oxygen atoms in total. The first-order valence-corrected chi connectivity index (χ1v) is 9.32. The molecule has 0 bridgehead atoms. The highest BCUT2D eigenvalue weighted by molar-refractivity contribution is 6.35. The first-order chi connectivity index (χ1) is 12.0. The van der Waals surface area contributed by atoms with Crippen molar-refractivity contribution < 1.29 is 9.47 Å². The Kier molecular flexibility index (Phi) is 8.17. The highest BCUT2D eigenvalue weighted by Crippen LogP contribution is 2.34. The molecule has 25 heavy (non-hydrogen) atoms. The predicted octanol–water partition coefficient (Wildman–Crippen LogP) is 6.12. The van der Waals surface area contributed by atoms with Gasteiger partial charge in [0.05, 0.1) is 7.11 Å². The van der Waals surface area contributed by atoms with Crippen LogP contribution in [0.15, 0.2) is 30.3 Å². The maximum Gasteiger partial charge on any atom is 0.163 e. The number of unbranched alkanes of at least 4 members (excludes halogenated alkanes) is 1. The van der Waals surface area contributed by atoms with Crippen molar-refractivity contribution in [3.05, 3.63) is 56.5 Å². The molecule has 0 aliphatic heterocycles. The largest absolute Gasteiger partial charge is 0.493 e. The minimum Gasteiger partial charge on any atom is -0.493 e. The van der Waals surface area contributed by atoms with Gasteiger partial charge in [-0.1, -0.05) is 54.2 Å². The van der Waals surface area contributed by atoms with Gasteiger partial charge in [-0.25, -0.2) is 0 Å². The molecule has 2 rings (SSSR count). The molecule has 0 aromatic heterocycles. The van der Waals surface area contributed by atoms with E-state index in [4.69, 9.17) is 44.3 Å². The summed E-state index contributed by atoms with van der Waals surface area (Å²) in [4.78, 5) is 0. The van der Waals surface area contributed by atoms with Crippen molar-refractivity contribution in [3.8, 4) is 11.5 Å². The molecule has 0 heterocycles. The standard InChI is InChI=1S/C19H22Cl3NO2/c1-3-4-7-23-11-14-8-18(24-2)19(10-17(14)22)25-12-13-5-6-15(20)9-16(13)21/h5-6,8-10,23H,3-4,7,11-12H2,1-2H3. The van der Waals surface area contributed by atoms with Gasteiger partial charge in [-0.05, 0) is 36.7 Å². The van der Waals surface area contributed by atoms with Crippen molar-refractivity contribution in [1.82, 2.24) is 5.32 Å². The Morgan fingerprint density at radius 1 is 0.960 bits per heavy atom. The molecule has 1 N–H and O–H groups in total. The van der Waals surface area contributed by atoms with Gasteiger partial charge < -0.3 is 14.8 Å². The van der Waals surface area contributed by atoms with Crippen LogP contribution in [0.2, 0.25) is 15.1 Å². The van der Waals surface area contributed by atoms with E-state index in [9.17, 15) is 0 Å². The van der Waals surface area contributed by atoms with Crippen LogP contribution in [0.1, 0.15) is 30.9 Å². The van der Waals surface area contributed by atoms with Gasteiger partial charge in [0.2, 0.25) is 0 Å². The summed E-state index contributed by atoms with van der Waals surface area (Å²) >= 11 is 18.5. The number of nitrogens with one attached hydrogen (secondary N) is 1. The van der Waals surface area contributed by atoms with E-state index < -0.39 is 0 Å². The van der Waals surface area contributed by atoms with Crippen molar-refractivity contribution in [2.24, 2.45) is 0 Å². The van der Waals surface area contributed by atoms with E-state index in [0.29, 0.717) is 39.7 Å². The lowest BCUT2D eigenvalue weighted by molar-refractivity contribution is 0.284. The van der Waals surface area contributed by atoms with Gasteiger partial charge >= 0.3 is 0 Å². The summed E-state index contributed by atoms with van der Waals surface area (Å²) in [6.45, 7) is 4.12. The van der Waals surface area contributed by atoms with E-state index in [1.54, 1.807) is 25.3 Å². The Morgan fingerprint density at radius 2 is 1.72 bits per heavy atom. The number of hydrogen-bond acceptors (Lipinski definition) is 3. The van der Waals surface area contributed by atoms with E-state index in [2.05, 4.69) is 12.2 Å². The topological polar surface area (TPSA) is 30.5 Å². The third-order valence-electron chi connectivity index (χ3n) is 3.75. The second-order valence-electron chi connectivity index (χ2n) is 5.65. The normalized spacial score (nSPS) is 10.8. The van der Waals surface area contributed by atoms with Crippen LogP contribution >= 0.6 is 34.8 Å². The molecule has 6 heteroatoms. The molecule has 0 atom stereocenters. The third-order valence-corrected chi connectivity index (χ3v) is 4.69. The van der Waals surface area contributed by atoms with Gasteiger partial charge in [0.25, 0.3) is 0 Å². The summed E-state index contributed by atoms with van der Waals surface area (Å²) in [7, 11) is 1.61. The Labute approximate surface area is 164 Å². The molecule has 136 valence electrons. The average molecular weight is 403 g/mol. The van der Waals surface area contributed by atoms with E-state index >= 15 is 0 Å². The van der Waals surface area contributed by atoms with Crippen molar-refractivity contribution in [2.75, 3.05) is 13.7 Å². The monoisotopic (exact) mass is 401 g/mol. The lowest BCUT2D eigenvalue weighted by Gasteiger charge is -2.15. The molecule has 0 saturated carbocycles. The Morgan fingerprint density at radius 3 is 2.40 bits per heavy atom. The summed E-state index contributed by atoms with van der Waals surface area (Å²) in [5.74, 6) is 1.22. The molecule has 0 saturated heterocycles. The minimum absolute atomic E-state index is 0.302. The second kappa shape index (κ2) is 10.1. The Hall–Kier alpha value is -1.13. The number of methoxy groups -OCH3 is 1. The minimum atomic E-state index is 0.302. The van der Waals surface area contributed by atoms with E-state index in [1.807, 2.05) is 12.1 Å². The van der Waals surface area contributed by atoms with Crippen LogP contribution in [-0.2, 0) is 13.2 Å². The van der Waals surface area contributed by atoms with E-state index in [0.717, 1.165) is 30.5 Å². The van der Waals surface area contributed by atoms with Crippen LogP contribution in [0.3, 0.4) is 0 Å². The lowest BCUT2D eigenvalue weighted by atomic mass is 10.2. The lowest BCUT2D eigenvalue weighted by Crippen LogP contribution is -2.14. The van der Waals surface area contributed by atoms with Crippen molar-refractivity contribution in [3.63, 3.8) is 0 Å². The van der Waals surface area contributed by atoms with Crippen LogP contribution in [-0.4, -0.2) is 13.7 Å². The Balaban J connectivity index is 2.08. The van der Waals surface area contributed by atoms with Gasteiger partial charge in [-0.3, -0.25) is 0 Å². The molecule has 0 spiro atoms. The molecule has 0 aliphatic carbocycles.